The van der Waals surface area contributed by atoms with Crippen molar-refractivity contribution in [2.24, 2.45) is 0 Å². The van der Waals surface area contributed by atoms with Crippen LogP contribution < -0.4 is 14.2 Å². The van der Waals surface area contributed by atoms with Crippen molar-refractivity contribution in [3.8, 4) is 17.6 Å². The molecule has 9 heteroatoms. The number of halogens is 1. The fourth-order valence-electron chi connectivity index (χ4n) is 3.25. The number of nitriles is 1. The Balaban J connectivity index is 2.00. The summed E-state index contributed by atoms with van der Waals surface area (Å²) in [6.07, 6.45) is 3.17. The number of anilines is 1. The van der Waals surface area contributed by atoms with Crippen LogP contribution in [0.4, 0.5) is 5.69 Å². The van der Waals surface area contributed by atoms with Crippen molar-refractivity contribution in [3.05, 3.63) is 101 Å². The molecule has 0 radical (unpaired) electrons. The molecule has 0 aliphatic heterocycles. The highest BCUT2D eigenvalue weighted by atomic mass is 35.5. The van der Waals surface area contributed by atoms with Crippen LogP contribution in [-0.2, 0) is 21.3 Å². The van der Waals surface area contributed by atoms with Gasteiger partial charge in [0.1, 0.15) is 16.5 Å². The Morgan fingerprint density at radius 2 is 1.86 bits per heavy atom. The lowest BCUT2D eigenvalue weighted by Crippen LogP contribution is -2.14. The summed E-state index contributed by atoms with van der Waals surface area (Å²) < 4.78 is 36.7. The van der Waals surface area contributed by atoms with E-state index in [0.29, 0.717) is 21.8 Å². The molecule has 0 bridgehead atoms. The first-order valence-electron chi connectivity index (χ1n) is 10.7. The van der Waals surface area contributed by atoms with E-state index in [9.17, 15) is 18.5 Å². The predicted molar refractivity (Wildman–Crippen MR) is 140 cm³/mol. The van der Waals surface area contributed by atoms with Gasteiger partial charge in [0.25, 0.3) is 5.91 Å². The molecule has 0 saturated carbocycles. The predicted octanol–water partition coefficient (Wildman–Crippen LogP) is 5.70. The molecule has 0 aliphatic rings. The number of methoxy groups -OCH3 is 1. The second kappa shape index (κ2) is 11.6. The van der Waals surface area contributed by atoms with Gasteiger partial charge >= 0.3 is 10.1 Å². The van der Waals surface area contributed by atoms with Gasteiger partial charge in [-0.1, -0.05) is 47.5 Å². The molecule has 0 aromatic heterocycles. The Labute approximate surface area is 215 Å². The molecule has 0 unspecified atom stereocenters. The van der Waals surface area contributed by atoms with Crippen molar-refractivity contribution in [1.29, 1.82) is 5.26 Å². The largest absolute Gasteiger partial charge is 0.493 e. The van der Waals surface area contributed by atoms with Crippen LogP contribution in [0.15, 0.2) is 83.8 Å². The normalized spacial score (nSPS) is 11.3. The van der Waals surface area contributed by atoms with Gasteiger partial charge in [-0.05, 0) is 61.4 Å². The van der Waals surface area contributed by atoms with E-state index in [1.807, 2.05) is 13.0 Å². The highest BCUT2D eigenvalue weighted by molar-refractivity contribution is 7.87. The standard InChI is InChI=1S/C27H23ClN2O5S/c1-4-7-20-14-19(15-21(17-29)27(31)30-24-9-6-5-8-23(24)28)16-25(34-3)26(20)35-36(32,33)22-12-10-18(2)11-13-22/h4-6,8-16H,1,7H2,2-3H3,(H,30,31)/b21-15+. The summed E-state index contributed by atoms with van der Waals surface area (Å²) in [6, 6.07) is 17.9. The van der Waals surface area contributed by atoms with Crippen LogP contribution in [0.5, 0.6) is 11.5 Å². The van der Waals surface area contributed by atoms with Crippen molar-refractivity contribution >= 4 is 39.4 Å². The SMILES string of the molecule is C=CCc1cc(/C=C(\C#N)C(=O)Nc2ccccc2Cl)cc(OC)c1OS(=O)(=O)c1ccc(C)cc1. The lowest BCUT2D eigenvalue weighted by Gasteiger charge is -2.16. The van der Waals surface area contributed by atoms with Crippen LogP contribution in [0.25, 0.3) is 6.08 Å². The van der Waals surface area contributed by atoms with E-state index in [1.54, 1.807) is 48.5 Å². The molecule has 0 spiro atoms. The molecule has 3 aromatic carbocycles. The van der Waals surface area contributed by atoms with E-state index in [-0.39, 0.29) is 28.4 Å². The van der Waals surface area contributed by atoms with E-state index in [2.05, 4.69) is 11.9 Å². The van der Waals surface area contributed by atoms with Gasteiger partial charge in [0.05, 0.1) is 17.8 Å². The minimum absolute atomic E-state index is 0.00542. The molecule has 1 amide bonds. The second-order valence-corrected chi connectivity index (χ2v) is 9.61. The molecule has 0 aliphatic carbocycles. The maximum Gasteiger partial charge on any atom is 0.339 e. The van der Waals surface area contributed by atoms with Crippen LogP contribution in [0.2, 0.25) is 5.02 Å². The zero-order valence-electron chi connectivity index (χ0n) is 19.6. The molecule has 3 aromatic rings. The number of nitrogens with zero attached hydrogens (tertiary/aromatic N) is 1. The first-order valence-corrected chi connectivity index (χ1v) is 12.5. The Bertz CT molecular complexity index is 1470. The van der Waals surface area contributed by atoms with Crippen molar-refractivity contribution in [2.75, 3.05) is 12.4 Å². The Hall–Kier alpha value is -4.06. The van der Waals surface area contributed by atoms with Gasteiger partial charge in [-0.15, -0.1) is 6.58 Å². The smallest absolute Gasteiger partial charge is 0.339 e. The van der Waals surface area contributed by atoms with E-state index in [0.717, 1.165) is 5.56 Å². The van der Waals surface area contributed by atoms with Crippen LogP contribution in [0, 0.1) is 18.3 Å². The van der Waals surface area contributed by atoms with Crippen molar-refractivity contribution in [1.82, 2.24) is 0 Å². The van der Waals surface area contributed by atoms with Gasteiger partial charge in [0.2, 0.25) is 0 Å². The van der Waals surface area contributed by atoms with E-state index in [1.165, 1.54) is 31.4 Å². The summed E-state index contributed by atoms with van der Waals surface area (Å²) >= 11 is 6.09. The first-order chi connectivity index (χ1) is 17.2. The molecule has 3 rings (SSSR count). The summed E-state index contributed by atoms with van der Waals surface area (Å²) in [7, 11) is -2.79. The van der Waals surface area contributed by atoms with Gasteiger partial charge < -0.3 is 14.2 Å². The Morgan fingerprint density at radius 1 is 1.17 bits per heavy atom. The number of carbonyl (C=O) groups is 1. The molecule has 36 heavy (non-hydrogen) atoms. The summed E-state index contributed by atoms with van der Waals surface area (Å²) in [5.41, 5.74) is 1.94. The lowest BCUT2D eigenvalue weighted by molar-refractivity contribution is -0.112. The third kappa shape index (κ3) is 6.33. The van der Waals surface area contributed by atoms with Crippen molar-refractivity contribution in [2.45, 2.75) is 18.2 Å². The van der Waals surface area contributed by atoms with Crippen LogP contribution >= 0.6 is 11.6 Å². The van der Waals surface area contributed by atoms with E-state index in [4.69, 9.17) is 20.5 Å². The van der Waals surface area contributed by atoms with Gasteiger partial charge in [0.15, 0.2) is 11.5 Å². The molecule has 0 saturated heterocycles. The summed E-state index contributed by atoms with van der Waals surface area (Å²) in [6.45, 7) is 5.56. The highest BCUT2D eigenvalue weighted by Gasteiger charge is 2.22. The summed E-state index contributed by atoms with van der Waals surface area (Å²) in [5, 5.41) is 12.5. The average Bonchev–Trinajstić information content (AvgIpc) is 2.85. The molecule has 0 fully saturated rings. The maximum atomic E-state index is 12.9. The molecule has 0 heterocycles. The number of hydrogen-bond acceptors (Lipinski definition) is 6. The minimum atomic E-state index is -4.15. The third-order valence-electron chi connectivity index (χ3n) is 5.04. The Kier molecular flexibility index (Phi) is 8.54. The number of allylic oxidation sites excluding steroid dienone is 1. The van der Waals surface area contributed by atoms with Gasteiger partial charge in [-0.2, -0.15) is 13.7 Å². The number of carbonyl (C=O) groups excluding carboxylic acids is 1. The van der Waals surface area contributed by atoms with E-state index < -0.39 is 16.0 Å². The van der Waals surface area contributed by atoms with Crippen molar-refractivity contribution in [3.63, 3.8) is 0 Å². The number of aryl methyl sites for hydroxylation is 1. The molecule has 1 N–H and O–H groups in total. The van der Waals surface area contributed by atoms with Crippen LogP contribution in [0.1, 0.15) is 16.7 Å². The van der Waals surface area contributed by atoms with Crippen molar-refractivity contribution < 1.29 is 22.1 Å². The van der Waals surface area contributed by atoms with Crippen LogP contribution in [0.3, 0.4) is 0 Å². The quantitative estimate of drug-likeness (QED) is 0.167. The van der Waals surface area contributed by atoms with E-state index >= 15 is 0 Å². The number of ether oxygens (including phenoxy) is 1. The number of hydrogen-bond donors (Lipinski definition) is 1. The fraction of sp³-hybridized carbons (Fsp3) is 0.111. The number of para-hydroxylation sites is 1. The molecule has 184 valence electrons. The molecular weight excluding hydrogens is 500 g/mol. The Morgan fingerprint density at radius 3 is 2.47 bits per heavy atom. The second-order valence-electron chi connectivity index (χ2n) is 7.66. The highest BCUT2D eigenvalue weighted by Crippen LogP contribution is 2.36. The fourth-order valence-corrected chi connectivity index (χ4v) is 4.41. The topological polar surface area (TPSA) is 105 Å². The summed E-state index contributed by atoms with van der Waals surface area (Å²) in [4.78, 5) is 12.7. The molecule has 0 atom stereocenters. The first kappa shape index (κ1) is 26.5. The zero-order chi connectivity index (χ0) is 26.3. The zero-order valence-corrected chi connectivity index (χ0v) is 21.2. The number of amides is 1. The monoisotopic (exact) mass is 522 g/mol. The minimum Gasteiger partial charge on any atom is -0.493 e. The molecular formula is C27H23ClN2O5S. The average molecular weight is 523 g/mol. The maximum absolute atomic E-state index is 12.9. The number of benzene rings is 3. The van der Waals surface area contributed by atoms with Crippen LogP contribution in [-0.4, -0.2) is 21.4 Å². The number of nitrogens with one attached hydrogen (secondary N) is 1. The lowest BCUT2D eigenvalue weighted by atomic mass is 10.0. The van der Waals surface area contributed by atoms with Gasteiger partial charge in [-0.25, -0.2) is 0 Å². The van der Waals surface area contributed by atoms with Gasteiger partial charge in [0, 0.05) is 5.56 Å². The number of rotatable bonds is 9. The third-order valence-corrected chi connectivity index (χ3v) is 6.60. The molecule has 7 nitrogen and oxygen atoms in total. The summed E-state index contributed by atoms with van der Waals surface area (Å²) in [5.74, 6) is -0.550. The van der Waals surface area contributed by atoms with Gasteiger partial charge in [-0.3, -0.25) is 4.79 Å².